The minimum atomic E-state index is -0.416. The van der Waals surface area contributed by atoms with E-state index >= 15 is 0 Å². The summed E-state index contributed by atoms with van der Waals surface area (Å²) in [4.78, 5) is 12.1. The van der Waals surface area contributed by atoms with Crippen molar-refractivity contribution in [3.63, 3.8) is 0 Å². The number of ether oxygens (including phenoxy) is 1. The number of hydrogen-bond acceptors (Lipinski definition) is 2. The molecule has 0 radical (unpaired) electrons. The number of hydrogen-bond donors (Lipinski definition) is 1. The maximum absolute atomic E-state index is 12.1. The Hall–Kier alpha value is -2.03. The van der Waals surface area contributed by atoms with Crippen LogP contribution in [0, 0.1) is 5.41 Å². The molecular weight excluding hydrogens is 238 g/mol. The van der Waals surface area contributed by atoms with Gasteiger partial charge in [-0.25, -0.2) is 0 Å². The zero-order chi connectivity index (χ0) is 14.0. The van der Waals surface area contributed by atoms with Crippen molar-refractivity contribution in [2.75, 3.05) is 12.4 Å². The van der Waals surface area contributed by atoms with E-state index in [1.807, 2.05) is 57.2 Å². The van der Waals surface area contributed by atoms with Crippen LogP contribution in [0.5, 0.6) is 5.75 Å². The molecule has 2 aromatic rings. The normalized spacial score (nSPS) is 11.4. The predicted molar refractivity (Wildman–Crippen MR) is 78.6 cm³/mol. The highest BCUT2D eigenvalue weighted by Crippen LogP contribution is 2.32. The van der Waals surface area contributed by atoms with Crippen LogP contribution in [0.25, 0.3) is 10.8 Å². The van der Waals surface area contributed by atoms with Gasteiger partial charge >= 0.3 is 0 Å². The number of amides is 1. The van der Waals surface area contributed by atoms with Crippen LogP contribution in [0.3, 0.4) is 0 Å². The third kappa shape index (κ3) is 2.70. The molecule has 0 bridgehead atoms. The number of fused-ring (bicyclic) bond motifs is 1. The van der Waals surface area contributed by atoms with E-state index in [4.69, 9.17) is 4.74 Å². The average Bonchev–Trinajstić information content (AvgIpc) is 2.38. The van der Waals surface area contributed by atoms with Gasteiger partial charge in [-0.2, -0.15) is 0 Å². The van der Waals surface area contributed by atoms with Crippen LogP contribution < -0.4 is 10.1 Å². The summed E-state index contributed by atoms with van der Waals surface area (Å²) in [7, 11) is 1.65. The molecule has 100 valence electrons. The smallest absolute Gasteiger partial charge is 0.229 e. The first-order valence-corrected chi connectivity index (χ1v) is 6.30. The summed E-state index contributed by atoms with van der Waals surface area (Å²) < 4.78 is 5.34. The second-order valence-corrected chi connectivity index (χ2v) is 5.57. The summed E-state index contributed by atoms with van der Waals surface area (Å²) >= 11 is 0. The number of rotatable bonds is 2. The molecule has 0 unspecified atom stereocenters. The van der Waals surface area contributed by atoms with Crippen molar-refractivity contribution >= 4 is 22.4 Å². The monoisotopic (exact) mass is 257 g/mol. The number of benzene rings is 2. The molecule has 0 aliphatic rings. The van der Waals surface area contributed by atoms with Crippen LogP contribution in [-0.2, 0) is 4.79 Å². The summed E-state index contributed by atoms with van der Waals surface area (Å²) in [6, 6.07) is 11.6. The lowest BCUT2D eigenvalue weighted by Gasteiger charge is -2.19. The summed E-state index contributed by atoms with van der Waals surface area (Å²) in [6.07, 6.45) is 0. The van der Waals surface area contributed by atoms with Gasteiger partial charge in [0, 0.05) is 21.9 Å². The van der Waals surface area contributed by atoms with Crippen LogP contribution in [0.2, 0.25) is 0 Å². The fraction of sp³-hybridized carbons (Fsp3) is 0.312. The molecule has 0 aliphatic carbocycles. The number of carbonyl (C=O) groups excluding carboxylic acids is 1. The molecule has 0 heterocycles. The van der Waals surface area contributed by atoms with Gasteiger partial charge in [-0.15, -0.1) is 0 Å². The summed E-state index contributed by atoms with van der Waals surface area (Å²) in [6.45, 7) is 5.69. The maximum Gasteiger partial charge on any atom is 0.229 e. The van der Waals surface area contributed by atoms with Crippen molar-refractivity contribution in [1.82, 2.24) is 0 Å². The number of nitrogens with one attached hydrogen (secondary N) is 1. The zero-order valence-electron chi connectivity index (χ0n) is 11.8. The molecule has 2 aromatic carbocycles. The highest BCUT2D eigenvalue weighted by Gasteiger charge is 2.21. The van der Waals surface area contributed by atoms with E-state index in [1.165, 1.54) is 0 Å². The van der Waals surface area contributed by atoms with E-state index < -0.39 is 5.41 Å². The molecule has 0 saturated heterocycles. The molecule has 3 nitrogen and oxygen atoms in total. The summed E-state index contributed by atoms with van der Waals surface area (Å²) in [5.74, 6) is 0.812. The SMILES string of the molecule is COc1ccc(NC(=O)C(C)(C)C)c2ccccc12. The van der Waals surface area contributed by atoms with Crippen LogP contribution in [0.1, 0.15) is 20.8 Å². The van der Waals surface area contributed by atoms with E-state index in [0.717, 1.165) is 22.2 Å². The van der Waals surface area contributed by atoms with E-state index in [-0.39, 0.29) is 5.91 Å². The highest BCUT2D eigenvalue weighted by atomic mass is 16.5. The standard InChI is InChI=1S/C16H19NO2/c1-16(2,3)15(18)17-13-9-10-14(19-4)12-8-6-5-7-11(12)13/h5-10H,1-4H3,(H,17,18). The van der Waals surface area contributed by atoms with Gasteiger partial charge in [0.15, 0.2) is 0 Å². The van der Waals surface area contributed by atoms with Crippen molar-refractivity contribution < 1.29 is 9.53 Å². The predicted octanol–water partition coefficient (Wildman–Crippen LogP) is 3.83. The second-order valence-electron chi connectivity index (χ2n) is 5.57. The molecule has 0 spiro atoms. The van der Waals surface area contributed by atoms with Crippen molar-refractivity contribution in [3.8, 4) is 5.75 Å². The largest absolute Gasteiger partial charge is 0.496 e. The fourth-order valence-electron chi connectivity index (χ4n) is 1.87. The second kappa shape index (κ2) is 4.92. The minimum absolute atomic E-state index is 0.00261. The molecule has 1 amide bonds. The minimum Gasteiger partial charge on any atom is -0.496 e. The van der Waals surface area contributed by atoms with Gasteiger partial charge in [0.2, 0.25) is 5.91 Å². The molecule has 0 fully saturated rings. The van der Waals surface area contributed by atoms with E-state index in [0.29, 0.717) is 0 Å². The van der Waals surface area contributed by atoms with E-state index in [2.05, 4.69) is 5.32 Å². The Morgan fingerprint density at radius 2 is 1.68 bits per heavy atom. The molecule has 3 heteroatoms. The first-order chi connectivity index (χ1) is 8.93. The first-order valence-electron chi connectivity index (χ1n) is 6.30. The Bertz CT molecular complexity index is 612. The molecule has 0 saturated carbocycles. The fourth-order valence-corrected chi connectivity index (χ4v) is 1.87. The number of methoxy groups -OCH3 is 1. The lowest BCUT2D eigenvalue weighted by molar-refractivity contribution is -0.123. The summed E-state index contributed by atoms with van der Waals surface area (Å²) in [5, 5.41) is 4.96. The third-order valence-electron chi connectivity index (χ3n) is 3.03. The topological polar surface area (TPSA) is 38.3 Å². The molecule has 1 N–H and O–H groups in total. The molecule has 19 heavy (non-hydrogen) atoms. The van der Waals surface area contributed by atoms with Gasteiger partial charge in [0.25, 0.3) is 0 Å². The zero-order valence-corrected chi connectivity index (χ0v) is 11.8. The van der Waals surface area contributed by atoms with Gasteiger partial charge in [0.1, 0.15) is 5.75 Å². The van der Waals surface area contributed by atoms with Crippen LogP contribution in [0.15, 0.2) is 36.4 Å². The number of anilines is 1. The quantitative estimate of drug-likeness (QED) is 0.887. The van der Waals surface area contributed by atoms with Crippen LogP contribution in [0.4, 0.5) is 5.69 Å². The van der Waals surface area contributed by atoms with Gasteiger partial charge < -0.3 is 10.1 Å². The Kier molecular flexibility index (Phi) is 3.47. The highest BCUT2D eigenvalue weighted by molar-refractivity contribution is 6.05. The maximum atomic E-state index is 12.1. The van der Waals surface area contributed by atoms with Gasteiger partial charge in [0.05, 0.1) is 7.11 Å². The molecule has 0 aromatic heterocycles. The van der Waals surface area contributed by atoms with Crippen molar-refractivity contribution in [2.24, 2.45) is 5.41 Å². The lowest BCUT2D eigenvalue weighted by atomic mass is 9.95. The summed E-state index contributed by atoms with van der Waals surface area (Å²) in [5.41, 5.74) is 0.400. The third-order valence-corrected chi connectivity index (χ3v) is 3.03. The van der Waals surface area contributed by atoms with E-state index in [1.54, 1.807) is 7.11 Å². The lowest BCUT2D eigenvalue weighted by Crippen LogP contribution is -2.27. The van der Waals surface area contributed by atoms with Gasteiger partial charge in [-0.05, 0) is 12.1 Å². The molecule has 0 atom stereocenters. The number of carbonyl (C=O) groups is 1. The molecule has 2 rings (SSSR count). The van der Waals surface area contributed by atoms with Gasteiger partial charge in [-0.3, -0.25) is 4.79 Å². The van der Waals surface area contributed by atoms with Crippen molar-refractivity contribution in [1.29, 1.82) is 0 Å². The van der Waals surface area contributed by atoms with Crippen LogP contribution >= 0.6 is 0 Å². The first kappa shape index (κ1) is 13.4. The molecule has 0 aliphatic heterocycles. The Morgan fingerprint density at radius 1 is 1.05 bits per heavy atom. The van der Waals surface area contributed by atoms with Crippen molar-refractivity contribution in [2.45, 2.75) is 20.8 Å². The van der Waals surface area contributed by atoms with Crippen LogP contribution in [-0.4, -0.2) is 13.0 Å². The Balaban J connectivity index is 2.48. The van der Waals surface area contributed by atoms with E-state index in [9.17, 15) is 4.79 Å². The Labute approximate surface area is 113 Å². The Morgan fingerprint density at radius 3 is 2.26 bits per heavy atom. The van der Waals surface area contributed by atoms with Crippen molar-refractivity contribution in [3.05, 3.63) is 36.4 Å². The molecular formula is C16H19NO2. The average molecular weight is 257 g/mol. The van der Waals surface area contributed by atoms with Gasteiger partial charge in [-0.1, -0.05) is 45.0 Å².